The summed E-state index contributed by atoms with van der Waals surface area (Å²) in [5, 5.41) is 0. The molecule has 0 radical (unpaired) electrons. The molecule has 37 heavy (non-hydrogen) atoms. The number of unbranched alkanes of at least 4 members (excludes halogenated alkanes) is 13. The molecule has 0 aliphatic rings. The lowest BCUT2D eigenvalue weighted by atomic mass is 9.76. The second-order valence-corrected chi connectivity index (χ2v) is 14.5. The molecule has 5 heteroatoms. The minimum Gasteiger partial charge on any atom is -0.377 e. The first-order valence-electron chi connectivity index (χ1n) is 15.4. The van der Waals surface area contributed by atoms with E-state index in [2.05, 4.69) is 44.2 Å². The molecular weight excluding hydrogens is 474 g/mol. The summed E-state index contributed by atoms with van der Waals surface area (Å²) in [6.45, 7) is 4.54. The van der Waals surface area contributed by atoms with Crippen molar-refractivity contribution in [3.05, 3.63) is 35.9 Å². The van der Waals surface area contributed by atoms with Gasteiger partial charge in [-0.3, -0.25) is 0 Å². The van der Waals surface area contributed by atoms with Crippen LogP contribution in [0.2, 0.25) is 6.04 Å². The Hall–Kier alpha value is -0.723. The van der Waals surface area contributed by atoms with Gasteiger partial charge in [-0.25, -0.2) is 0 Å². The summed E-state index contributed by atoms with van der Waals surface area (Å²) in [5.74, 6) is 0.474. The van der Waals surface area contributed by atoms with E-state index in [1.165, 1.54) is 102 Å². The number of rotatable bonds is 25. The molecule has 1 rings (SSSR count). The Bertz CT molecular complexity index is 628. The van der Waals surface area contributed by atoms with Gasteiger partial charge >= 0.3 is 8.80 Å². The van der Waals surface area contributed by atoms with Gasteiger partial charge in [0, 0.05) is 32.9 Å². The zero-order valence-electron chi connectivity index (χ0n) is 25.2. The standard InChI is InChI=1S/C32H61NO3Si/c1-6-7-8-9-10-11-12-13-14-15-16-17-18-22-26-31(27-23-28-37(34-3,35-4)36-5)32(2,33)29-30-24-20-19-21-25-30/h19-21,24-25,31H,6-18,22-23,26-29,33H2,1-5H3. The molecule has 2 unspecified atom stereocenters. The van der Waals surface area contributed by atoms with Crippen molar-refractivity contribution >= 4 is 8.80 Å². The molecule has 0 bridgehead atoms. The molecule has 4 nitrogen and oxygen atoms in total. The van der Waals surface area contributed by atoms with Crippen molar-refractivity contribution < 1.29 is 13.3 Å². The molecule has 0 amide bonds. The second kappa shape index (κ2) is 21.1. The average Bonchev–Trinajstić information content (AvgIpc) is 2.90. The molecule has 216 valence electrons. The highest BCUT2D eigenvalue weighted by atomic mass is 28.4. The Morgan fingerprint density at radius 2 is 1.11 bits per heavy atom. The molecule has 0 aliphatic heterocycles. The fourth-order valence-corrected chi connectivity index (χ4v) is 7.44. The second-order valence-electron chi connectivity index (χ2n) is 11.4. The fraction of sp³-hybridized carbons (Fsp3) is 0.812. The van der Waals surface area contributed by atoms with E-state index >= 15 is 0 Å². The zero-order chi connectivity index (χ0) is 27.2. The van der Waals surface area contributed by atoms with Crippen LogP contribution in [0.4, 0.5) is 0 Å². The van der Waals surface area contributed by atoms with E-state index in [1.54, 1.807) is 21.3 Å². The number of benzene rings is 1. The zero-order valence-corrected chi connectivity index (χ0v) is 26.2. The van der Waals surface area contributed by atoms with E-state index in [0.717, 1.165) is 25.3 Å². The molecule has 1 aromatic carbocycles. The van der Waals surface area contributed by atoms with Gasteiger partial charge in [-0.2, -0.15) is 0 Å². The SMILES string of the molecule is CCCCCCCCCCCCCCCCC(CCC[Si](OC)(OC)OC)C(C)(N)Cc1ccccc1. The van der Waals surface area contributed by atoms with Crippen LogP contribution in [0.5, 0.6) is 0 Å². The highest BCUT2D eigenvalue weighted by Gasteiger charge is 2.38. The third kappa shape index (κ3) is 15.5. The van der Waals surface area contributed by atoms with Crippen LogP contribution in [0.15, 0.2) is 30.3 Å². The predicted octanol–water partition coefficient (Wildman–Crippen LogP) is 9.09. The van der Waals surface area contributed by atoms with Crippen molar-refractivity contribution in [3.63, 3.8) is 0 Å². The van der Waals surface area contributed by atoms with Crippen LogP contribution in [0.25, 0.3) is 0 Å². The van der Waals surface area contributed by atoms with Crippen molar-refractivity contribution in [2.75, 3.05) is 21.3 Å². The van der Waals surface area contributed by atoms with Crippen molar-refractivity contribution in [2.24, 2.45) is 11.7 Å². The van der Waals surface area contributed by atoms with Crippen LogP contribution >= 0.6 is 0 Å². The van der Waals surface area contributed by atoms with Gasteiger partial charge < -0.3 is 19.0 Å². The third-order valence-electron chi connectivity index (χ3n) is 8.24. The van der Waals surface area contributed by atoms with Gasteiger partial charge in [0.05, 0.1) is 0 Å². The van der Waals surface area contributed by atoms with E-state index in [0.29, 0.717) is 5.92 Å². The Kier molecular flexibility index (Phi) is 19.6. The van der Waals surface area contributed by atoms with Crippen molar-refractivity contribution in [1.29, 1.82) is 0 Å². The van der Waals surface area contributed by atoms with Gasteiger partial charge in [0.25, 0.3) is 0 Å². The lowest BCUT2D eigenvalue weighted by Crippen LogP contribution is -2.47. The fourth-order valence-electron chi connectivity index (χ4n) is 5.69. The Balaban J connectivity index is 2.37. The lowest BCUT2D eigenvalue weighted by Gasteiger charge is -2.35. The minimum atomic E-state index is -2.53. The molecule has 0 heterocycles. The van der Waals surface area contributed by atoms with Crippen molar-refractivity contribution in [2.45, 2.75) is 141 Å². The Morgan fingerprint density at radius 1 is 0.676 bits per heavy atom. The lowest BCUT2D eigenvalue weighted by molar-refractivity contribution is 0.121. The number of hydrogen-bond donors (Lipinski definition) is 1. The van der Waals surface area contributed by atoms with E-state index < -0.39 is 8.80 Å². The van der Waals surface area contributed by atoms with E-state index in [4.69, 9.17) is 19.0 Å². The van der Waals surface area contributed by atoms with Crippen LogP contribution < -0.4 is 5.73 Å². The predicted molar refractivity (Wildman–Crippen MR) is 162 cm³/mol. The van der Waals surface area contributed by atoms with E-state index in [-0.39, 0.29) is 5.54 Å². The van der Waals surface area contributed by atoms with Gasteiger partial charge in [-0.15, -0.1) is 0 Å². The molecular formula is C32H61NO3Si. The molecule has 1 aromatic rings. The summed E-state index contributed by atoms with van der Waals surface area (Å²) in [6.07, 6.45) is 23.7. The molecule has 0 saturated heterocycles. The van der Waals surface area contributed by atoms with Gasteiger partial charge in [0.2, 0.25) is 0 Å². The largest absolute Gasteiger partial charge is 0.500 e. The summed E-state index contributed by atoms with van der Waals surface area (Å²) < 4.78 is 16.9. The van der Waals surface area contributed by atoms with Gasteiger partial charge in [-0.05, 0) is 44.1 Å². The van der Waals surface area contributed by atoms with Crippen LogP contribution in [0.1, 0.15) is 129 Å². The van der Waals surface area contributed by atoms with Crippen molar-refractivity contribution in [1.82, 2.24) is 0 Å². The molecule has 2 N–H and O–H groups in total. The monoisotopic (exact) mass is 535 g/mol. The molecule has 2 atom stereocenters. The molecule has 0 spiro atoms. The van der Waals surface area contributed by atoms with Gasteiger partial charge in [-0.1, -0.05) is 127 Å². The molecule has 0 aliphatic carbocycles. The first-order chi connectivity index (χ1) is 17.9. The van der Waals surface area contributed by atoms with Crippen molar-refractivity contribution in [3.8, 4) is 0 Å². The average molecular weight is 536 g/mol. The highest BCUT2D eigenvalue weighted by molar-refractivity contribution is 6.60. The van der Waals surface area contributed by atoms with Gasteiger partial charge in [0.15, 0.2) is 0 Å². The maximum Gasteiger partial charge on any atom is 0.500 e. The van der Waals surface area contributed by atoms with Crippen LogP contribution in [0.3, 0.4) is 0 Å². The van der Waals surface area contributed by atoms with E-state index in [1.807, 2.05) is 0 Å². The quantitative estimate of drug-likeness (QED) is 0.100. The van der Waals surface area contributed by atoms with E-state index in [9.17, 15) is 0 Å². The highest BCUT2D eigenvalue weighted by Crippen LogP contribution is 2.31. The Morgan fingerprint density at radius 3 is 1.57 bits per heavy atom. The third-order valence-corrected chi connectivity index (χ3v) is 11.1. The van der Waals surface area contributed by atoms with Gasteiger partial charge in [0.1, 0.15) is 0 Å². The minimum absolute atomic E-state index is 0.227. The summed E-state index contributed by atoms with van der Waals surface area (Å²) >= 11 is 0. The normalized spacial score (nSPS) is 14.5. The molecule has 0 fully saturated rings. The van der Waals surface area contributed by atoms with Crippen LogP contribution in [0, 0.1) is 5.92 Å². The molecule has 0 saturated carbocycles. The maximum absolute atomic E-state index is 7.01. The summed E-state index contributed by atoms with van der Waals surface area (Å²) in [4.78, 5) is 0. The summed E-state index contributed by atoms with van der Waals surface area (Å²) in [7, 11) is 2.57. The molecule has 0 aromatic heterocycles. The number of hydrogen-bond acceptors (Lipinski definition) is 4. The maximum atomic E-state index is 7.01. The first-order valence-corrected chi connectivity index (χ1v) is 17.3. The van der Waals surface area contributed by atoms with Crippen LogP contribution in [-0.2, 0) is 19.7 Å². The Labute approximate surface area is 231 Å². The van der Waals surface area contributed by atoms with Crippen LogP contribution in [-0.4, -0.2) is 35.7 Å². The first kappa shape index (κ1) is 34.3. The summed E-state index contributed by atoms with van der Waals surface area (Å²) in [6, 6.07) is 11.6. The topological polar surface area (TPSA) is 53.7 Å². The summed E-state index contributed by atoms with van der Waals surface area (Å²) in [5.41, 5.74) is 8.11. The smallest absolute Gasteiger partial charge is 0.377 e. The number of nitrogens with two attached hydrogens (primary N) is 1.